The fourth-order valence-corrected chi connectivity index (χ4v) is 2.67. The van der Waals surface area contributed by atoms with Crippen molar-refractivity contribution in [3.05, 3.63) is 60.5 Å². The van der Waals surface area contributed by atoms with Crippen molar-refractivity contribution < 1.29 is 19.0 Å². The maximum Gasteiger partial charge on any atom is 0.166 e. The summed E-state index contributed by atoms with van der Waals surface area (Å²) in [4.78, 5) is 11.1. The van der Waals surface area contributed by atoms with Gasteiger partial charge in [-0.15, -0.1) is 0 Å². The molecule has 0 aliphatic heterocycles. The van der Waals surface area contributed by atoms with Crippen LogP contribution in [0.5, 0.6) is 5.75 Å². The number of hydrogen-bond acceptors (Lipinski definition) is 6. The van der Waals surface area contributed by atoms with Crippen molar-refractivity contribution in [3.8, 4) is 17.6 Å². The Kier molecular flexibility index (Phi) is 9.52. The molecule has 7 heteroatoms. The van der Waals surface area contributed by atoms with Gasteiger partial charge in [-0.25, -0.2) is 9.11 Å². The van der Waals surface area contributed by atoms with Crippen LogP contribution >= 0.6 is 12.1 Å². The molecule has 1 aromatic carbocycles. The molecule has 1 rings (SSSR count). The number of halogens is 1. The first kappa shape index (κ1) is 23.5. The highest BCUT2D eigenvalue weighted by Gasteiger charge is 2.21. The van der Waals surface area contributed by atoms with E-state index in [0.29, 0.717) is 6.29 Å². The van der Waals surface area contributed by atoms with Gasteiger partial charge in [-0.1, -0.05) is 43.2 Å². The van der Waals surface area contributed by atoms with Crippen LogP contribution in [0.1, 0.15) is 19.4 Å². The number of allylic oxidation sites excluding steroid dienone is 2. The molecule has 0 fully saturated rings. The Balaban J connectivity index is 3.44. The van der Waals surface area contributed by atoms with Crippen molar-refractivity contribution in [3.63, 3.8) is 0 Å². The van der Waals surface area contributed by atoms with Gasteiger partial charge in [0.25, 0.3) is 0 Å². The number of benzene rings is 1. The number of rotatable bonds is 10. The summed E-state index contributed by atoms with van der Waals surface area (Å²) < 4.78 is 25.3. The Hall–Kier alpha value is -2.53. The minimum atomic E-state index is -1.27. The molecule has 28 heavy (non-hydrogen) atoms. The Morgan fingerprint density at radius 3 is 2.71 bits per heavy atom. The number of ether oxygens (including phenoxy) is 1. The monoisotopic (exact) mass is 404 g/mol. The fourth-order valence-electron chi connectivity index (χ4n) is 2.05. The first-order valence-electron chi connectivity index (χ1n) is 8.47. The van der Waals surface area contributed by atoms with E-state index in [1.54, 1.807) is 31.3 Å². The highest BCUT2D eigenvalue weighted by molar-refractivity contribution is 7.98. The molecule has 0 amide bonds. The van der Waals surface area contributed by atoms with E-state index < -0.39 is 11.4 Å². The zero-order chi connectivity index (χ0) is 21.2. The molecule has 0 radical (unpaired) electrons. The fraction of sp³-hybridized carbons (Fsp3) is 0.286. The second kappa shape index (κ2) is 11.3. The first-order valence-corrected chi connectivity index (χ1v) is 9.24. The van der Waals surface area contributed by atoms with Gasteiger partial charge in [0.1, 0.15) is 29.9 Å². The molecule has 5 nitrogen and oxygen atoms in total. The molecule has 0 aliphatic carbocycles. The summed E-state index contributed by atoms with van der Waals surface area (Å²) in [5, 5.41) is 9.78. The van der Waals surface area contributed by atoms with Crippen molar-refractivity contribution in [1.82, 2.24) is 4.72 Å². The van der Waals surface area contributed by atoms with Crippen molar-refractivity contribution >= 4 is 24.1 Å². The number of aldehydes is 1. The van der Waals surface area contributed by atoms with Crippen molar-refractivity contribution in [2.45, 2.75) is 19.4 Å². The number of carbonyl (C=O) groups excluding carboxylic acids is 1. The van der Waals surface area contributed by atoms with E-state index in [1.807, 2.05) is 0 Å². The van der Waals surface area contributed by atoms with Crippen molar-refractivity contribution in [2.75, 3.05) is 24.5 Å². The first-order chi connectivity index (χ1) is 13.3. The summed E-state index contributed by atoms with van der Waals surface area (Å²) in [6.07, 6.45) is 5.62. The summed E-state index contributed by atoms with van der Waals surface area (Å²) in [6, 6.07) is 3.05. The molecular weight excluding hydrogens is 379 g/mol. The third-order valence-corrected chi connectivity index (χ3v) is 4.00. The summed E-state index contributed by atoms with van der Waals surface area (Å²) in [6.45, 7) is 10.4. The van der Waals surface area contributed by atoms with Crippen LogP contribution in [-0.4, -0.2) is 37.2 Å². The lowest BCUT2D eigenvalue weighted by Gasteiger charge is -2.24. The number of anilines is 1. The minimum absolute atomic E-state index is 0.0715. The average molecular weight is 405 g/mol. The topological polar surface area (TPSA) is 61.8 Å². The van der Waals surface area contributed by atoms with Gasteiger partial charge >= 0.3 is 0 Å². The molecule has 150 valence electrons. The highest BCUT2D eigenvalue weighted by atomic mass is 32.2. The number of hydrogen-bond donors (Lipinski definition) is 2. The predicted octanol–water partition coefficient (Wildman–Crippen LogP) is 3.41. The molecule has 0 atom stereocenters. The third kappa shape index (κ3) is 7.24. The average Bonchev–Trinajstić information content (AvgIpc) is 2.63. The predicted molar refractivity (Wildman–Crippen MR) is 114 cm³/mol. The zero-order valence-electron chi connectivity index (χ0n) is 16.3. The third-order valence-electron chi connectivity index (χ3n) is 3.26. The Labute approximate surface area is 170 Å². The number of carbonyl (C=O) groups is 1. The molecule has 2 N–H and O–H groups in total. The number of nitrogens with zero attached hydrogens (tertiary/aromatic N) is 1. The van der Waals surface area contributed by atoms with Crippen LogP contribution in [0.4, 0.5) is 10.1 Å². The molecule has 0 bridgehead atoms. The van der Waals surface area contributed by atoms with Crippen LogP contribution in [0.2, 0.25) is 0 Å². The second-order valence-corrected chi connectivity index (χ2v) is 7.11. The number of aliphatic hydroxyl groups is 1. The van der Waals surface area contributed by atoms with E-state index in [9.17, 15) is 9.90 Å². The molecule has 0 spiro atoms. The molecule has 0 aliphatic rings. The van der Waals surface area contributed by atoms with Gasteiger partial charge in [0, 0.05) is 12.1 Å². The van der Waals surface area contributed by atoms with Crippen LogP contribution in [0, 0.1) is 17.7 Å². The Morgan fingerprint density at radius 1 is 1.46 bits per heavy atom. The van der Waals surface area contributed by atoms with Crippen LogP contribution in [-0.2, 0) is 4.79 Å². The Bertz CT molecular complexity index is 804. The summed E-state index contributed by atoms with van der Waals surface area (Å²) in [5.41, 5.74) is -0.340. The number of nitrogens with one attached hydrogen (secondary N) is 1. The second-order valence-electron chi connectivity index (χ2n) is 6.08. The smallest absolute Gasteiger partial charge is 0.166 e. The minimum Gasteiger partial charge on any atom is -0.487 e. The van der Waals surface area contributed by atoms with E-state index in [2.05, 4.69) is 29.7 Å². The molecule has 0 unspecified atom stereocenters. The zero-order valence-corrected chi connectivity index (χ0v) is 17.1. The van der Waals surface area contributed by atoms with E-state index in [1.165, 1.54) is 24.2 Å². The van der Waals surface area contributed by atoms with Gasteiger partial charge in [0.05, 0.1) is 12.1 Å². The molecule has 1 aromatic rings. The summed E-state index contributed by atoms with van der Waals surface area (Å²) in [5.74, 6) is 4.82. The van der Waals surface area contributed by atoms with Crippen LogP contribution in [0.3, 0.4) is 0 Å². The van der Waals surface area contributed by atoms with Gasteiger partial charge in [-0.05, 0) is 38.6 Å². The molecule has 0 saturated heterocycles. The quantitative estimate of drug-likeness (QED) is 0.270. The maximum atomic E-state index is 15.2. The standard InChI is InChI=1S/C21H25FN2O3S/c1-6-8-16(7-2)15-27-18-10-9-17(11-12-21(3,4)26)19(22)20(18)24(13-14-25)28-23-5/h6-10,14,23,26H,1-2,13,15H2,3-5H3/b16-8+. The lowest BCUT2D eigenvalue weighted by molar-refractivity contribution is -0.106. The lowest BCUT2D eigenvalue weighted by Crippen LogP contribution is -2.23. The molecule has 0 aromatic heterocycles. The summed E-state index contributed by atoms with van der Waals surface area (Å²) in [7, 11) is 1.65. The molecule has 0 heterocycles. The van der Waals surface area contributed by atoms with Gasteiger partial charge in [0.2, 0.25) is 0 Å². The van der Waals surface area contributed by atoms with Gasteiger partial charge in [-0.3, -0.25) is 4.31 Å². The van der Waals surface area contributed by atoms with Crippen LogP contribution < -0.4 is 13.8 Å². The maximum absolute atomic E-state index is 15.2. The van der Waals surface area contributed by atoms with E-state index >= 15 is 4.39 Å². The van der Waals surface area contributed by atoms with E-state index in [-0.39, 0.29) is 30.2 Å². The molecule has 0 saturated carbocycles. The normalized spacial score (nSPS) is 11.2. The largest absolute Gasteiger partial charge is 0.487 e. The van der Waals surface area contributed by atoms with Crippen molar-refractivity contribution in [1.29, 1.82) is 0 Å². The lowest BCUT2D eigenvalue weighted by atomic mass is 10.1. The van der Waals surface area contributed by atoms with E-state index in [4.69, 9.17) is 4.74 Å². The van der Waals surface area contributed by atoms with Gasteiger partial charge < -0.3 is 14.6 Å². The van der Waals surface area contributed by atoms with Crippen LogP contribution in [0.15, 0.2) is 49.1 Å². The highest BCUT2D eigenvalue weighted by Crippen LogP contribution is 2.36. The van der Waals surface area contributed by atoms with E-state index in [0.717, 1.165) is 17.7 Å². The van der Waals surface area contributed by atoms with Gasteiger partial charge in [-0.2, -0.15) is 0 Å². The van der Waals surface area contributed by atoms with Crippen LogP contribution in [0.25, 0.3) is 0 Å². The SMILES string of the molecule is C=C/C=C(\C=C)COc1ccc(C#CC(C)(C)O)c(F)c1N(CC=O)SNC. The van der Waals surface area contributed by atoms with Crippen molar-refractivity contribution in [2.24, 2.45) is 0 Å². The Morgan fingerprint density at radius 2 is 2.18 bits per heavy atom. The molecular formula is C21H25FN2O3S. The van der Waals surface area contributed by atoms with Gasteiger partial charge in [0.15, 0.2) is 5.82 Å². The summed E-state index contributed by atoms with van der Waals surface area (Å²) >= 11 is 1.05.